The molecule has 1 aromatic carbocycles. The number of hydrogen-bond acceptors (Lipinski definition) is 6. The van der Waals surface area contributed by atoms with Crippen LogP contribution in [0.4, 0.5) is 9.52 Å². The van der Waals surface area contributed by atoms with Gasteiger partial charge in [0.25, 0.3) is 0 Å². The van der Waals surface area contributed by atoms with Gasteiger partial charge in [0.1, 0.15) is 5.82 Å². The molecular weight excluding hydrogens is 331 g/mol. The number of carbonyl (C=O) groups is 1. The molecule has 1 amide bonds. The largest absolute Gasteiger partial charge is 0.339 e. The van der Waals surface area contributed by atoms with Crippen LogP contribution in [-0.2, 0) is 11.2 Å². The molecule has 0 aliphatic heterocycles. The number of aryl methyl sites for hydroxylation is 1. The minimum atomic E-state index is -0.315. The molecule has 0 spiro atoms. The molecule has 6 nitrogen and oxygen atoms in total. The molecule has 0 N–H and O–H groups in total. The van der Waals surface area contributed by atoms with E-state index in [2.05, 4.69) is 15.1 Å². The fourth-order valence-corrected chi connectivity index (χ4v) is 2.74. The van der Waals surface area contributed by atoms with Crippen LogP contribution in [0.15, 0.2) is 40.4 Å². The van der Waals surface area contributed by atoms with Gasteiger partial charge in [-0.15, -0.1) is 11.3 Å². The summed E-state index contributed by atoms with van der Waals surface area (Å²) in [5, 5.41) is 6.38. The highest BCUT2D eigenvalue weighted by Crippen LogP contribution is 2.18. The summed E-state index contributed by atoms with van der Waals surface area (Å²) < 4.78 is 18.1. The predicted molar refractivity (Wildman–Crippen MR) is 88.2 cm³/mol. The van der Waals surface area contributed by atoms with Crippen molar-refractivity contribution in [2.75, 3.05) is 11.9 Å². The second-order valence-electron chi connectivity index (χ2n) is 5.14. The molecule has 124 valence electrons. The Morgan fingerprint density at radius 1 is 1.33 bits per heavy atom. The lowest BCUT2D eigenvalue weighted by Gasteiger charge is -2.12. The van der Waals surface area contributed by atoms with E-state index in [4.69, 9.17) is 4.52 Å². The Morgan fingerprint density at radius 3 is 2.83 bits per heavy atom. The van der Waals surface area contributed by atoms with Crippen LogP contribution in [0.1, 0.15) is 18.7 Å². The minimum Gasteiger partial charge on any atom is -0.339 e. The molecule has 0 atom stereocenters. The third-order valence-electron chi connectivity index (χ3n) is 3.43. The molecule has 3 rings (SSSR count). The third kappa shape index (κ3) is 3.83. The van der Waals surface area contributed by atoms with Crippen molar-refractivity contribution in [1.29, 1.82) is 0 Å². The van der Waals surface area contributed by atoms with Gasteiger partial charge in [0.15, 0.2) is 5.13 Å². The Bertz CT molecular complexity index is 802. The highest BCUT2D eigenvalue weighted by Gasteiger charge is 2.14. The first kappa shape index (κ1) is 16.3. The second kappa shape index (κ2) is 7.31. The van der Waals surface area contributed by atoms with Crippen molar-refractivity contribution >= 4 is 22.4 Å². The van der Waals surface area contributed by atoms with Gasteiger partial charge in [-0.1, -0.05) is 5.16 Å². The van der Waals surface area contributed by atoms with Gasteiger partial charge in [0, 0.05) is 37.0 Å². The summed E-state index contributed by atoms with van der Waals surface area (Å²) in [5.41, 5.74) is 0.686. The monoisotopic (exact) mass is 346 g/mol. The van der Waals surface area contributed by atoms with Gasteiger partial charge in [0.05, 0.1) is 0 Å². The van der Waals surface area contributed by atoms with Crippen LogP contribution in [0.5, 0.6) is 0 Å². The summed E-state index contributed by atoms with van der Waals surface area (Å²) in [6.45, 7) is 0. The molecule has 0 saturated carbocycles. The maximum Gasteiger partial charge on any atom is 0.228 e. The van der Waals surface area contributed by atoms with E-state index in [1.165, 1.54) is 23.5 Å². The quantitative estimate of drug-likeness (QED) is 0.685. The summed E-state index contributed by atoms with van der Waals surface area (Å²) in [4.78, 5) is 22.0. The molecule has 0 aliphatic rings. The molecule has 0 unspecified atom stereocenters. The Kier molecular flexibility index (Phi) is 4.95. The van der Waals surface area contributed by atoms with E-state index in [1.54, 1.807) is 30.3 Å². The zero-order valence-corrected chi connectivity index (χ0v) is 13.8. The van der Waals surface area contributed by atoms with Crippen molar-refractivity contribution in [1.82, 2.24) is 15.1 Å². The summed E-state index contributed by atoms with van der Waals surface area (Å²) >= 11 is 1.42. The minimum absolute atomic E-state index is 0.0109. The average molecular weight is 346 g/mol. The lowest BCUT2D eigenvalue weighted by atomic mass is 10.2. The molecule has 0 saturated heterocycles. The first-order valence-electron chi connectivity index (χ1n) is 7.38. The first-order chi connectivity index (χ1) is 11.6. The summed E-state index contributed by atoms with van der Waals surface area (Å²) in [7, 11) is 1.71. The van der Waals surface area contributed by atoms with E-state index in [-0.39, 0.29) is 11.7 Å². The zero-order chi connectivity index (χ0) is 16.9. The number of rotatable bonds is 6. The van der Waals surface area contributed by atoms with Crippen LogP contribution in [0, 0.1) is 5.82 Å². The highest BCUT2D eigenvalue weighted by molar-refractivity contribution is 7.13. The van der Waals surface area contributed by atoms with Crippen LogP contribution >= 0.6 is 11.3 Å². The molecule has 2 heterocycles. The fourth-order valence-electron chi connectivity index (χ4n) is 2.12. The molecule has 0 fully saturated rings. The lowest BCUT2D eigenvalue weighted by molar-refractivity contribution is -0.118. The van der Waals surface area contributed by atoms with E-state index >= 15 is 0 Å². The van der Waals surface area contributed by atoms with Crippen LogP contribution in [0.2, 0.25) is 0 Å². The predicted octanol–water partition coefficient (Wildman–Crippen LogP) is 3.32. The number of anilines is 1. The maximum atomic E-state index is 12.9. The van der Waals surface area contributed by atoms with Crippen LogP contribution < -0.4 is 4.90 Å². The Hall–Kier alpha value is -2.61. The molecule has 24 heavy (non-hydrogen) atoms. The Balaban J connectivity index is 1.52. The first-order valence-corrected chi connectivity index (χ1v) is 8.26. The van der Waals surface area contributed by atoms with Crippen LogP contribution in [0.3, 0.4) is 0 Å². The van der Waals surface area contributed by atoms with Crippen molar-refractivity contribution in [2.45, 2.75) is 19.3 Å². The molecule has 8 heteroatoms. The zero-order valence-electron chi connectivity index (χ0n) is 13.0. The number of carbonyl (C=O) groups excluding carboxylic acids is 1. The molecular formula is C16H15FN4O2S. The lowest BCUT2D eigenvalue weighted by Crippen LogP contribution is -2.25. The molecule has 0 aliphatic carbocycles. The number of amides is 1. The van der Waals surface area contributed by atoms with Gasteiger partial charge in [-0.2, -0.15) is 4.98 Å². The van der Waals surface area contributed by atoms with Gasteiger partial charge in [-0.25, -0.2) is 9.37 Å². The highest BCUT2D eigenvalue weighted by atomic mass is 32.1. The van der Waals surface area contributed by atoms with Crippen molar-refractivity contribution in [3.8, 4) is 11.4 Å². The van der Waals surface area contributed by atoms with Crippen molar-refractivity contribution in [3.05, 3.63) is 47.6 Å². The van der Waals surface area contributed by atoms with Gasteiger partial charge >= 0.3 is 0 Å². The van der Waals surface area contributed by atoms with Crippen molar-refractivity contribution in [3.63, 3.8) is 0 Å². The summed E-state index contributed by atoms with van der Waals surface area (Å²) in [6, 6.07) is 5.88. The standard InChI is InChI=1S/C16H15FN4O2S/c1-21(16-18-9-10-24-16)14(22)4-2-3-13-19-15(20-23-13)11-5-7-12(17)8-6-11/h5-10H,2-4H2,1H3. The van der Waals surface area contributed by atoms with E-state index < -0.39 is 0 Å². The molecule has 2 aromatic heterocycles. The third-order valence-corrected chi connectivity index (χ3v) is 4.28. The number of hydrogen-bond donors (Lipinski definition) is 0. The number of thiazole rings is 1. The SMILES string of the molecule is CN(C(=O)CCCc1nc(-c2ccc(F)cc2)no1)c1nccs1. The average Bonchev–Trinajstić information content (AvgIpc) is 3.26. The Morgan fingerprint density at radius 2 is 2.12 bits per heavy atom. The van der Waals surface area contributed by atoms with E-state index in [1.807, 2.05) is 5.38 Å². The van der Waals surface area contributed by atoms with Crippen molar-refractivity contribution < 1.29 is 13.7 Å². The Labute approximate surface area is 142 Å². The van der Waals surface area contributed by atoms with Gasteiger partial charge < -0.3 is 4.52 Å². The molecule has 3 aromatic rings. The van der Waals surface area contributed by atoms with E-state index in [9.17, 15) is 9.18 Å². The van der Waals surface area contributed by atoms with E-state index in [0.29, 0.717) is 41.7 Å². The number of halogens is 1. The van der Waals surface area contributed by atoms with Gasteiger partial charge in [-0.05, 0) is 30.7 Å². The summed E-state index contributed by atoms with van der Waals surface area (Å²) in [5.74, 6) is 0.545. The van der Waals surface area contributed by atoms with Crippen LogP contribution in [0.25, 0.3) is 11.4 Å². The fraction of sp³-hybridized carbons (Fsp3) is 0.250. The maximum absolute atomic E-state index is 12.9. The smallest absolute Gasteiger partial charge is 0.228 e. The van der Waals surface area contributed by atoms with Crippen LogP contribution in [-0.4, -0.2) is 28.1 Å². The molecule has 0 bridgehead atoms. The summed E-state index contributed by atoms with van der Waals surface area (Å²) in [6.07, 6.45) is 3.13. The number of nitrogens with zero attached hydrogens (tertiary/aromatic N) is 4. The van der Waals surface area contributed by atoms with Gasteiger partial charge in [-0.3, -0.25) is 9.69 Å². The number of aromatic nitrogens is 3. The topological polar surface area (TPSA) is 72.1 Å². The second-order valence-corrected chi connectivity index (χ2v) is 6.01. The van der Waals surface area contributed by atoms with Crippen molar-refractivity contribution in [2.24, 2.45) is 0 Å². The molecule has 0 radical (unpaired) electrons. The number of benzene rings is 1. The van der Waals surface area contributed by atoms with Gasteiger partial charge in [0.2, 0.25) is 17.6 Å². The normalized spacial score (nSPS) is 10.8. The van der Waals surface area contributed by atoms with E-state index in [0.717, 1.165) is 0 Å².